The largest absolute Gasteiger partial charge is 0.352 e. The van der Waals surface area contributed by atoms with Crippen molar-refractivity contribution in [2.45, 2.75) is 67.0 Å². The second-order valence-corrected chi connectivity index (χ2v) is 11.3. The number of hydrogen-bond donors (Lipinski definition) is 1. The highest BCUT2D eigenvalue weighted by atomic mass is 32.2. The molecule has 1 saturated carbocycles. The molecule has 3 atom stereocenters. The minimum absolute atomic E-state index is 0.00862. The molecule has 1 amide bonds. The number of nitrogens with zero attached hydrogens (tertiary/aromatic N) is 2. The fourth-order valence-electron chi connectivity index (χ4n) is 5.30. The number of pyridine rings is 1. The van der Waals surface area contributed by atoms with E-state index in [-0.39, 0.29) is 28.9 Å². The van der Waals surface area contributed by atoms with Crippen LogP contribution in [0, 0.1) is 11.6 Å². The third kappa shape index (κ3) is 3.66. The highest BCUT2D eigenvalue weighted by Crippen LogP contribution is 2.49. The van der Waals surface area contributed by atoms with Gasteiger partial charge in [-0.1, -0.05) is 6.07 Å². The van der Waals surface area contributed by atoms with Gasteiger partial charge in [0.1, 0.15) is 5.82 Å². The van der Waals surface area contributed by atoms with Crippen LogP contribution in [0.3, 0.4) is 0 Å². The van der Waals surface area contributed by atoms with E-state index in [1.165, 1.54) is 12.3 Å². The second kappa shape index (κ2) is 7.50. The molecule has 9 heteroatoms. The first kappa shape index (κ1) is 21.3. The molecule has 2 aliphatic heterocycles. The Morgan fingerprint density at radius 2 is 1.78 bits per heavy atom. The molecule has 1 aromatic carbocycles. The molecule has 2 aromatic rings. The van der Waals surface area contributed by atoms with E-state index in [0.29, 0.717) is 18.4 Å². The molecule has 3 fully saturated rings. The van der Waals surface area contributed by atoms with Gasteiger partial charge in [-0.15, -0.1) is 0 Å². The van der Waals surface area contributed by atoms with Gasteiger partial charge in [0.25, 0.3) is 0 Å². The van der Waals surface area contributed by atoms with Crippen LogP contribution >= 0.6 is 0 Å². The molecule has 5 rings (SSSR count). The van der Waals surface area contributed by atoms with Crippen molar-refractivity contribution >= 4 is 21.6 Å². The normalized spacial score (nSPS) is 26.1. The van der Waals surface area contributed by atoms with Gasteiger partial charge in [0.05, 0.1) is 10.3 Å². The minimum atomic E-state index is -3.29. The van der Waals surface area contributed by atoms with E-state index in [9.17, 15) is 22.0 Å². The van der Waals surface area contributed by atoms with Crippen molar-refractivity contribution in [3.05, 3.63) is 53.7 Å². The van der Waals surface area contributed by atoms with E-state index < -0.39 is 26.9 Å². The third-order valence-corrected chi connectivity index (χ3v) is 8.24. The van der Waals surface area contributed by atoms with Crippen LogP contribution in [0.2, 0.25) is 0 Å². The smallest absolute Gasteiger partial charge is 0.230 e. The molecule has 6 nitrogen and oxygen atoms in total. The number of carbonyl (C=O) groups excluding carboxylic acids is 1. The van der Waals surface area contributed by atoms with Crippen LogP contribution in [0.4, 0.5) is 14.6 Å². The summed E-state index contributed by atoms with van der Waals surface area (Å²) < 4.78 is 50.4. The van der Waals surface area contributed by atoms with Gasteiger partial charge in [-0.3, -0.25) is 4.79 Å². The van der Waals surface area contributed by atoms with Crippen LogP contribution in [0.15, 0.2) is 41.4 Å². The Morgan fingerprint density at radius 1 is 1.09 bits per heavy atom. The molecule has 3 heterocycles. The Hall–Kier alpha value is -2.55. The fourth-order valence-corrected chi connectivity index (χ4v) is 5.86. The van der Waals surface area contributed by atoms with E-state index in [1.54, 1.807) is 12.1 Å². The number of halogens is 2. The average Bonchev–Trinajstić information content (AvgIpc) is 3.51. The summed E-state index contributed by atoms with van der Waals surface area (Å²) in [7, 11) is -3.29. The quantitative estimate of drug-likeness (QED) is 0.740. The van der Waals surface area contributed by atoms with Crippen molar-refractivity contribution in [1.29, 1.82) is 0 Å². The summed E-state index contributed by atoms with van der Waals surface area (Å²) in [6, 6.07) is 7.51. The summed E-state index contributed by atoms with van der Waals surface area (Å²) >= 11 is 0. The third-order valence-electron chi connectivity index (χ3n) is 7.14. The molecule has 32 heavy (non-hydrogen) atoms. The lowest BCUT2D eigenvalue weighted by atomic mass is 9.92. The Bertz CT molecular complexity index is 1150. The topological polar surface area (TPSA) is 79.4 Å². The zero-order valence-corrected chi connectivity index (χ0v) is 18.5. The van der Waals surface area contributed by atoms with Crippen molar-refractivity contribution in [2.24, 2.45) is 0 Å². The molecule has 1 aliphatic carbocycles. The van der Waals surface area contributed by atoms with E-state index in [4.69, 9.17) is 0 Å². The fraction of sp³-hybridized carbons (Fsp3) is 0.478. The maximum absolute atomic E-state index is 13.7. The van der Waals surface area contributed by atoms with Gasteiger partial charge >= 0.3 is 0 Å². The van der Waals surface area contributed by atoms with Crippen LogP contribution in [0.25, 0.3) is 0 Å². The Labute approximate surface area is 185 Å². The number of carbonyl (C=O) groups is 1. The van der Waals surface area contributed by atoms with Crippen LogP contribution in [-0.2, 0) is 20.0 Å². The van der Waals surface area contributed by atoms with Crippen LogP contribution in [0.1, 0.15) is 44.1 Å². The monoisotopic (exact) mass is 461 g/mol. The Kier molecular flexibility index (Phi) is 5.00. The molecule has 2 saturated heterocycles. The summed E-state index contributed by atoms with van der Waals surface area (Å²) in [6.45, 7) is 0. The van der Waals surface area contributed by atoms with Gasteiger partial charge in [0.15, 0.2) is 21.5 Å². The van der Waals surface area contributed by atoms with Gasteiger partial charge in [-0.25, -0.2) is 22.2 Å². The first-order chi connectivity index (χ1) is 15.2. The highest BCUT2D eigenvalue weighted by Gasteiger charge is 2.52. The number of aromatic nitrogens is 1. The summed E-state index contributed by atoms with van der Waals surface area (Å²) in [6.07, 6.45) is 7.34. The van der Waals surface area contributed by atoms with Gasteiger partial charge in [-0.05, 0) is 68.4 Å². The Morgan fingerprint density at radius 3 is 2.31 bits per heavy atom. The number of amides is 1. The maximum atomic E-state index is 13.7. The molecule has 1 aromatic heterocycles. The van der Waals surface area contributed by atoms with Gasteiger partial charge in [0.2, 0.25) is 5.91 Å². The van der Waals surface area contributed by atoms with Crippen molar-refractivity contribution in [1.82, 2.24) is 10.3 Å². The number of piperidine rings is 1. The average molecular weight is 462 g/mol. The molecule has 170 valence electrons. The van der Waals surface area contributed by atoms with E-state index >= 15 is 0 Å². The van der Waals surface area contributed by atoms with E-state index in [1.807, 2.05) is 0 Å². The number of nitrogens with one attached hydrogen (secondary N) is 1. The molecule has 2 bridgehead atoms. The van der Waals surface area contributed by atoms with Gasteiger partial charge in [0, 0.05) is 30.6 Å². The van der Waals surface area contributed by atoms with Crippen molar-refractivity contribution in [3.8, 4) is 0 Å². The zero-order valence-electron chi connectivity index (χ0n) is 17.7. The second-order valence-electron chi connectivity index (χ2n) is 9.27. The van der Waals surface area contributed by atoms with E-state index in [0.717, 1.165) is 49.9 Å². The minimum Gasteiger partial charge on any atom is -0.352 e. The number of fused-ring (bicyclic) bond motifs is 2. The molecular formula is C23H25F2N3O3S. The van der Waals surface area contributed by atoms with Gasteiger partial charge < -0.3 is 10.2 Å². The predicted octanol–water partition coefficient (Wildman–Crippen LogP) is 3.11. The maximum Gasteiger partial charge on any atom is 0.230 e. The van der Waals surface area contributed by atoms with Crippen LogP contribution in [-0.4, -0.2) is 43.7 Å². The summed E-state index contributed by atoms with van der Waals surface area (Å²) in [5, 5.41) is 3.17. The molecular weight excluding hydrogens is 436 g/mol. The van der Waals surface area contributed by atoms with E-state index in [2.05, 4.69) is 15.2 Å². The van der Waals surface area contributed by atoms with Crippen molar-refractivity contribution in [3.63, 3.8) is 0 Å². The molecule has 0 spiro atoms. The van der Waals surface area contributed by atoms with Crippen LogP contribution in [0.5, 0.6) is 0 Å². The lowest BCUT2D eigenvalue weighted by Gasteiger charge is -2.40. The number of anilines is 1. The summed E-state index contributed by atoms with van der Waals surface area (Å²) in [4.78, 5) is 19.9. The predicted molar refractivity (Wildman–Crippen MR) is 115 cm³/mol. The number of rotatable bonds is 5. The standard InChI is InChI=1S/C23H25F2N3O3S/c1-32(30,31)18-5-7-21(26-13-18)28-16-3-4-17(28)12-15(11-16)27-22(29)23(8-9-23)14-2-6-19(24)20(25)10-14/h2,5-7,10,13,15-17H,3-4,8-9,11-12H2,1H3,(H,27,29)/t15?,16-,17+. The molecule has 1 N–H and O–H groups in total. The number of hydrogen-bond acceptors (Lipinski definition) is 5. The first-order valence-electron chi connectivity index (χ1n) is 10.9. The molecule has 0 radical (unpaired) electrons. The number of sulfone groups is 1. The SMILES string of the molecule is CS(=O)(=O)c1ccc(N2[C@@H]3CC[C@H]2CC(NC(=O)C2(c4ccc(F)c(F)c4)CC2)C3)nc1. The molecule has 3 aliphatic rings. The summed E-state index contributed by atoms with van der Waals surface area (Å²) in [5.41, 5.74) is -0.224. The molecule has 1 unspecified atom stereocenters. The Balaban J connectivity index is 1.28. The van der Waals surface area contributed by atoms with Crippen molar-refractivity contribution in [2.75, 3.05) is 11.2 Å². The van der Waals surface area contributed by atoms with Crippen LogP contribution < -0.4 is 10.2 Å². The lowest BCUT2D eigenvalue weighted by Crippen LogP contribution is -2.52. The zero-order chi connectivity index (χ0) is 22.7. The lowest BCUT2D eigenvalue weighted by molar-refractivity contribution is -0.124. The number of benzene rings is 1. The van der Waals surface area contributed by atoms with Gasteiger partial charge in [-0.2, -0.15) is 0 Å². The summed E-state index contributed by atoms with van der Waals surface area (Å²) in [5.74, 6) is -1.19. The first-order valence-corrected chi connectivity index (χ1v) is 12.8. The highest BCUT2D eigenvalue weighted by molar-refractivity contribution is 7.90. The van der Waals surface area contributed by atoms with Crippen molar-refractivity contribution < 1.29 is 22.0 Å².